The predicted molar refractivity (Wildman–Crippen MR) is 34.5 cm³/mol. The summed E-state index contributed by atoms with van der Waals surface area (Å²) in [6.07, 6.45) is 5.47. The maximum atomic E-state index is 11.6. The Labute approximate surface area is 49.7 Å². The van der Waals surface area contributed by atoms with Crippen molar-refractivity contribution in [3.8, 4) is 0 Å². The fourth-order valence-corrected chi connectivity index (χ4v) is 0.305. The fourth-order valence-electron chi connectivity index (χ4n) is 0.305. The van der Waals surface area contributed by atoms with Crippen molar-refractivity contribution in [3.05, 3.63) is 23.8 Å². The van der Waals surface area contributed by atoms with Crippen LogP contribution in [0.4, 0.5) is 4.39 Å². The Kier molecular flexibility index (Phi) is 4.23. The normalized spacial score (nSPS) is 13.1. The maximum Gasteiger partial charge on any atom is 0.111 e. The first kappa shape index (κ1) is 7.41. The maximum absolute atomic E-state index is 11.6. The molecule has 0 aromatic carbocycles. The molecule has 1 heteroatoms. The van der Waals surface area contributed by atoms with Gasteiger partial charge in [0.1, 0.15) is 6.67 Å². The summed E-state index contributed by atoms with van der Waals surface area (Å²) < 4.78 is 11.6. The van der Waals surface area contributed by atoms with Crippen molar-refractivity contribution < 1.29 is 4.39 Å². The molecule has 0 unspecified atom stereocenters. The molecular weight excluding hydrogens is 103 g/mol. The van der Waals surface area contributed by atoms with Crippen molar-refractivity contribution in [2.24, 2.45) is 0 Å². The number of allylic oxidation sites excluding steroid dienone is 4. The third kappa shape index (κ3) is 3.59. The van der Waals surface area contributed by atoms with Crippen LogP contribution in [0.5, 0.6) is 0 Å². The van der Waals surface area contributed by atoms with Crippen LogP contribution in [0.15, 0.2) is 23.8 Å². The highest BCUT2D eigenvalue weighted by Crippen LogP contribution is 1.91. The quantitative estimate of drug-likeness (QED) is 0.484. The monoisotopic (exact) mass is 114 g/mol. The van der Waals surface area contributed by atoms with Gasteiger partial charge in [0.2, 0.25) is 0 Å². The fraction of sp³-hybridized carbons (Fsp3) is 0.429. The molecule has 0 saturated heterocycles. The van der Waals surface area contributed by atoms with Gasteiger partial charge in [0.05, 0.1) is 0 Å². The Hall–Kier alpha value is -0.590. The van der Waals surface area contributed by atoms with Gasteiger partial charge in [-0.2, -0.15) is 0 Å². The van der Waals surface area contributed by atoms with E-state index in [-0.39, 0.29) is 6.67 Å². The van der Waals surface area contributed by atoms with Gasteiger partial charge in [-0.25, -0.2) is 4.39 Å². The summed E-state index contributed by atoms with van der Waals surface area (Å²) in [5.74, 6) is 0. The lowest BCUT2D eigenvalue weighted by Gasteiger charge is -1.84. The molecule has 0 aliphatic rings. The summed E-state index contributed by atoms with van der Waals surface area (Å²) >= 11 is 0. The number of hydrogen-bond acceptors (Lipinski definition) is 0. The molecule has 0 N–H and O–H groups in total. The Bertz CT molecular complexity index is 101. The van der Waals surface area contributed by atoms with Crippen molar-refractivity contribution in [1.29, 1.82) is 0 Å². The molecule has 0 heterocycles. The van der Waals surface area contributed by atoms with Gasteiger partial charge in [-0.3, -0.25) is 0 Å². The molecule has 0 amide bonds. The average molecular weight is 114 g/mol. The second kappa shape index (κ2) is 4.57. The molecule has 0 radical (unpaired) electrons. The molecule has 0 aromatic heterocycles. The van der Waals surface area contributed by atoms with Gasteiger partial charge in [0, 0.05) is 0 Å². The van der Waals surface area contributed by atoms with Gasteiger partial charge in [0.15, 0.2) is 0 Å². The molecule has 0 fully saturated rings. The molecule has 0 atom stereocenters. The van der Waals surface area contributed by atoms with Gasteiger partial charge < -0.3 is 0 Å². The lowest BCUT2D eigenvalue weighted by atomic mass is 10.3. The molecule has 46 valence electrons. The van der Waals surface area contributed by atoms with Crippen molar-refractivity contribution in [3.63, 3.8) is 0 Å². The van der Waals surface area contributed by atoms with E-state index in [0.29, 0.717) is 0 Å². The molecule has 0 spiro atoms. The molecule has 8 heavy (non-hydrogen) atoms. The SMILES string of the molecule is C/C=C\C=C(/C)CF. The summed E-state index contributed by atoms with van der Waals surface area (Å²) in [6.45, 7) is 3.33. The van der Waals surface area contributed by atoms with Crippen LogP contribution in [0.2, 0.25) is 0 Å². The van der Waals surface area contributed by atoms with Crippen molar-refractivity contribution in [2.45, 2.75) is 13.8 Å². The second-order valence-electron chi connectivity index (χ2n) is 1.67. The topological polar surface area (TPSA) is 0 Å². The molecule has 0 aliphatic carbocycles. The number of hydrogen-bond donors (Lipinski definition) is 0. The van der Waals surface area contributed by atoms with E-state index in [9.17, 15) is 4.39 Å². The number of rotatable bonds is 2. The second-order valence-corrected chi connectivity index (χ2v) is 1.67. The van der Waals surface area contributed by atoms with E-state index in [1.807, 2.05) is 19.1 Å². The van der Waals surface area contributed by atoms with Gasteiger partial charge in [-0.05, 0) is 19.4 Å². The van der Waals surface area contributed by atoms with Crippen molar-refractivity contribution >= 4 is 0 Å². The third-order valence-corrected chi connectivity index (χ3v) is 0.784. The van der Waals surface area contributed by atoms with E-state index in [4.69, 9.17) is 0 Å². The van der Waals surface area contributed by atoms with Crippen LogP contribution in [0.3, 0.4) is 0 Å². The minimum absolute atomic E-state index is 0.343. The highest BCUT2D eigenvalue weighted by atomic mass is 19.1. The van der Waals surface area contributed by atoms with E-state index in [1.165, 1.54) is 0 Å². The summed E-state index contributed by atoms with van der Waals surface area (Å²) in [5, 5.41) is 0. The third-order valence-electron chi connectivity index (χ3n) is 0.784. The van der Waals surface area contributed by atoms with E-state index in [0.717, 1.165) is 5.57 Å². The Morgan fingerprint density at radius 1 is 1.62 bits per heavy atom. The highest BCUT2D eigenvalue weighted by Gasteiger charge is 1.79. The van der Waals surface area contributed by atoms with Crippen LogP contribution in [0, 0.1) is 0 Å². The average Bonchev–Trinajstić information content (AvgIpc) is 1.83. The lowest BCUT2D eigenvalue weighted by Crippen LogP contribution is -1.73. The zero-order chi connectivity index (χ0) is 6.41. The first-order chi connectivity index (χ1) is 3.81. The zero-order valence-electron chi connectivity index (χ0n) is 5.32. The molecule has 0 saturated carbocycles. The zero-order valence-corrected chi connectivity index (χ0v) is 5.32. The van der Waals surface area contributed by atoms with Crippen molar-refractivity contribution in [1.82, 2.24) is 0 Å². The van der Waals surface area contributed by atoms with Crippen LogP contribution >= 0.6 is 0 Å². The van der Waals surface area contributed by atoms with Crippen LogP contribution in [0.1, 0.15) is 13.8 Å². The molecule has 0 rings (SSSR count). The molecule has 0 bridgehead atoms. The number of alkyl halides is 1. The van der Waals surface area contributed by atoms with E-state index >= 15 is 0 Å². The molecule has 0 nitrogen and oxygen atoms in total. The highest BCUT2D eigenvalue weighted by molar-refractivity contribution is 5.09. The lowest BCUT2D eigenvalue weighted by molar-refractivity contribution is 0.543. The van der Waals surface area contributed by atoms with Gasteiger partial charge in [0.25, 0.3) is 0 Å². The standard InChI is InChI=1S/C7H11F/c1-3-4-5-7(2)6-8/h3-5H,6H2,1-2H3/b4-3-,7-5+. The first-order valence-corrected chi connectivity index (χ1v) is 2.65. The molecule has 0 aliphatic heterocycles. The summed E-state index contributed by atoms with van der Waals surface area (Å²) in [4.78, 5) is 0. The van der Waals surface area contributed by atoms with Crippen LogP contribution in [-0.4, -0.2) is 6.67 Å². The molecule has 0 aromatic rings. The van der Waals surface area contributed by atoms with Gasteiger partial charge in [-0.15, -0.1) is 0 Å². The summed E-state index contributed by atoms with van der Waals surface area (Å²) in [7, 11) is 0. The van der Waals surface area contributed by atoms with Gasteiger partial charge >= 0.3 is 0 Å². The Morgan fingerprint density at radius 3 is 2.62 bits per heavy atom. The number of halogens is 1. The largest absolute Gasteiger partial charge is 0.246 e. The van der Waals surface area contributed by atoms with E-state index < -0.39 is 0 Å². The minimum Gasteiger partial charge on any atom is -0.246 e. The first-order valence-electron chi connectivity index (χ1n) is 2.65. The smallest absolute Gasteiger partial charge is 0.111 e. The van der Waals surface area contributed by atoms with Gasteiger partial charge in [-0.1, -0.05) is 18.2 Å². The summed E-state index contributed by atoms with van der Waals surface area (Å²) in [6, 6.07) is 0. The van der Waals surface area contributed by atoms with E-state index in [1.54, 1.807) is 13.0 Å². The Morgan fingerprint density at radius 2 is 2.25 bits per heavy atom. The Balaban J connectivity index is 3.57. The summed E-state index contributed by atoms with van der Waals surface area (Å²) in [5.41, 5.74) is 0.767. The predicted octanol–water partition coefficient (Wildman–Crippen LogP) is 2.48. The van der Waals surface area contributed by atoms with Crippen LogP contribution in [0.25, 0.3) is 0 Å². The van der Waals surface area contributed by atoms with E-state index in [2.05, 4.69) is 0 Å². The van der Waals surface area contributed by atoms with Crippen LogP contribution in [-0.2, 0) is 0 Å². The van der Waals surface area contributed by atoms with Crippen molar-refractivity contribution in [2.75, 3.05) is 6.67 Å². The minimum atomic E-state index is -0.343. The van der Waals surface area contributed by atoms with Crippen LogP contribution < -0.4 is 0 Å². The molecular formula is C7H11F.